The van der Waals surface area contributed by atoms with Gasteiger partial charge in [-0.1, -0.05) is 45.9 Å². The Hall–Kier alpha value is -5.00. The molecule has 1 aliphatic rings. The molecule has 2 aromatic rings. The molecule has 0 radical (unpaired) electrons. The number of thioether (sulfide) groups is 1. The molecule has 0 aliphatic carbocycles. The first-order valence-corrected chi connectivity index (χ1v) is 24.4. The van der Waals surface area contributed by atoms with Gasteiger partial charge in [0.05, 0.1) is 12.5 Å². The summed E-state index contributed by atoms with van der Waals surface area (Å²) in [6.45, 7) is 7.31. The number of nitrogens with two attached hydrogens (primary N) is 1. The second-order valence-electron chi connectivity index (χ2n) is 17.1. The molecule has 366 valence electrons. The van der Waals surface area contributed by atoms with Crippen molar-refractivity contribution in [1.82, 2.24) is 41.8 Å². The molecule has 23 heteroatoms. The van der Waals surface area contributed by atoms with E-state index in [-0.39, 0.29) is 62.0 Å². The van der Waals surface area contributed by atoms with Gasteiger partial charge in [-0.3, -0.25) is 38.4 Å². The van der Waals surface area contributed by atoms with Crippen molar-refractivity contribution in [3.63, 3.8) is 0 Å². The number of thiol groups is 2. The Morgan fingerprint density at radius 3 is 1.86 bits per heavy atom. The number of fused-ring (bicyclic) bond motifs is 1. The number of hydrogen-bond donors (Lipinski definition) is 12. The lowest BCUT2D eigenvalue weighted by Crippen LogP contribution is -2.60. The fraction of sp³-hybridized carbons (Fsp3) is 0.605. The second-order valence-corrected chi connectivity index (χ2v) is 18.8. The lowest BCUT2D eigenvalue weighted by atomic mass is 10.00. The van der Waals surface area contributed by atoms with Crippen LogP contribution in [-0.4, -0.2) is 152 Å². The molecule has 2 heterocycles. The van der Waals surface area contributed by atoms with Crippen LogP contribution in [0.25, 0.3) is 10.9 Å². The third kappa shape index (κ3) is 16.7. The van der Waals surface area contributed by atoms with E-state index < -0.39 is 108 Å². The SMILES string of the molecule is CSCC[C@H](NC(=O)[C@@H]1CCCN1C(=O)[C@H](CC(=O)O)NC(=O)[C@H](Cc1c[nH]c2ccccc12)NC(=O)[C@H](CC(C)C)NC(=O)[C@@H](N)CS)C(=O)N[C@@H](CC(C)C)C(=O)N[C@@H](CS)C(=O)O. The molecule has 1 aromatic heterocycles. The number of hydrogen-bond acceptors (Lipinski definition) is 13. The Morgan fingerprint density at radius 2 is 1.30 bits per heavy atom. The van der Waals surface area contributed by atoms with Crippen LogP contribution in [0.4, 0.5) is 0 Å². The van der Waals surface area contributed by atoms with Gasteiger partial charge in [-0.15, -0.1) is 0 Å². The van der Waals surface area contributed by atoms with Crippen LogP contribution in [0.15, 0.2) is 30.5 Å². The lowest BCUT2D eigenvalue weighted by molar-refractivity contribution is -0.146. The Kier molecular flexibility index (Phi) is 22.6. The van der Waals surface area contributed by atoms with Crippen molar-refractivity contribution < 1.29 is 53.4 Å². The first-order chi connectivity index (χ1) is 31.2. The van der Waals surface area contributed by atoms with Crippen LogP contribution in [0.5, 0.6) is 0 Å². The van der Waals surface area contributed by atoms with Crippen molar-refractivity contribution in [2.24, 2.45) is 17.6 Å². The molecule has 8 atom stereocenters. The summed E-state index contributed by atoms with van der Waals surface area (Å²) in [5.74, 6) is -8.05. The summed E-state index contributed by atoms with van der Waals surface area (Å²) in [5.41, 5.74) is 7.23. The highest BCUT2D eigenvalue weighted by Crippen LogP contribution is 2.22. The molecule has 0 spiro atoms. The molecule has 11 N–H and O–H groups in total. The topological polar surface area (TPSA) is 311 Å². The van der Waals surface area contributed by atoms with Crippen LogP contribution >= 0.6 is 37.0 Å². The van der Waals surface area contributed by atoms with Gasteiger partial charge in [-0.25, -0.2) is 4.79 Å². The highest BCUT2D eigenvalue weighted by Gasteiger charge is 2.41. The molecule has 7 amide bonds. The monoisotopic (exact) mass is 979 g/mol. The smallest absolute Gasteiger partial charge is 0.327 e. The number of nitrogens with zero attached hydrogens (tertiary/aromatic N) is 1. The second kappa shape index (κ2) is 27.0. The van der Waals surface area contributed by atoms with Crippen molar-refractivity contribution in [3.8, 4) is 0 Å². The number of amides is 7. The minimum Gasteiger partial charge on any atom is -0.481 e. The van der Waals surface area contributed by atoms with Crippen molar-refractivity contribution in [2.75, 3.05) is 30.1 Å². The highest BCUT2D eigenvalue weighted by molar-refractivity contribution is 7.98. The number of rotatable bonds is 27. The quantitative estimate of drug-likeness (QED) is 0.0534. The van der Waals surface area contributed by atoms with E-state index in [0.29, 0.717) is 17.7 Å². The Morgan fingerprint density at radius 1 is 0.758 bits per heavy atom. The van der Waals surface area contributed by atoms with Crippen molar-refractivity contribution >= 4 is 101 Å². The van der Waals surface area contributed by atoms with Gasteiger partial charge in [0.15, 0.2) is 0 Å². The van der Waals surface area contributed by atoms with Gasteiger partial charge in [0.1, 0.15) is 42.3 Å². The van der Waals surface area contributed by atoms with E-state index in [4.69, 9.17) is 5.73 Å². The molecule has 1 saturated heterocycles. The van der Waals surface area contributed by atoms with Crippen LogP contribution in [-0.2, 0) is 49.6 Å². The highest BCUT2D eigenvalue weighted by atomic mass is 32.2. The zero-order valence-electron chi connectivity index (χ0n) is 37.8. The Balaban J connectivity index is 1.90. The molecule has 66 heavy (non-hydrogen) atoms. The lowest BCUT2D eigenvalue weighted by Gasteiger charge is -2.31. The van der Waals surface area contributed by atoms with Crippen molar-refractivity contribution in [1.29, 1.82) is 0 Å². The van der Waals surface area contributed by atoms with Crippen LogP contribution in [0, 0.1) is 11.8 Å². The van der Waals surface area contributed by atoms with Gasteiger partial charge < -0.3 is 57.7 Å². The standard InChI is InChI=1S/C43H65N9O11S3/c1-22(2)15-29(47-36(55)26(44)20-64)38(57)49-31(17-24-19-45-27-10-7-6-9-25(24)27)40(59)50-32(18-35(53)54)42(61)52-13-8-11-34(52)41(60)46-28(12-14-66-5)37(56)48-30(16-23(3)4)39(58)51-33(21-65)43(62)63/h6-7,9-10,19,22-23,26,28-34,45,64-65H,8,11-18,20-21,44H2,1-5H3,(H,46,60)(H,47,55)(H,48,56)(H,49,57)(H,50,59)(H,51,58)(H,53,54)(H,62,63)/t26-,28-,29-,30-,31-,32-,33-,34-/m0/s1. The van der Waals surface area contributed by atoms with Crippen molar-refractivity contribution in [3.05, 3.63) is 36.0 Å². The number of benzene rings is 1. The molecule has 1 aliphatic heterocycles. The average Bonchev–Trinajstić information content (AvgIpc) is 3.92. The molecule has 20 nitrogen and oxygen atoms in total. The number of H-pyrrole nitrogens is 1. The van der Waals surface area contributed by atoms with Crippen LogP contribution in [0.2, 0.25) is 0 Å². The molecule has 3 rings (SSSR count). The minimum atomic E-state index is -1.71. The zero-order valence-corrected chi connectivity index (χ0v) is 40.4. The maximum Gasteiger partial charge on any atom is 0.327 e. The molecular weight excluding hydrogens is 915 g/mol. The fourth-order valence-electron chi connectivity index (χ4n) is 7.42. The first kappa shape index (κ1) is 55.3. The van der Waals surface area contributed by atoms with Gasteiger partial charge >= 0.3 is 11.9 Å². The van der Waals surface area contributed by atoms with E-state index in [2.05, 4.69) is 62.1 Å². The van der Waals surface area contributed by atoms with E-state index in [9.17, 15) is 53.4 Å². The number of nitrogens with one attached hydrogen (secondary N) is 7. The third-order valence-corrected chi connectivity index (χ3v) is 12.2. The predicted molar refractivity (Wildman–Crippen MR) is 256 cm³/mol. The molecule has 0 unspecified atom stereocenters. The summed E-state index contributed by atoms with van der Waals surface area (Å²) in [6.07, 6.45) is 3.36. The van der Waals surface area contributed by atoms with Gasteiger partial charge in [0.2, 0.25) is 41.4 Å². The van der Waals surface area contributed by atoms with Gasteiger partial charge in [0, 0.05) is 41.6 Å². The molecular formula is C43H65N9O11S3. The summed E-state index contributed by atoms with van der Waals surface area (Å²) in [5, 5.41) is 35.7. The van der Waals surface area contributed by atoms with E-state index >= 15 is 0 Å². The van der Waals surface area contributed by atoms with E-state index in [1.807, 2.05) is 45.9 Å². The first-order valence-electron chi connectivity index (χ1n) is 21.8. The summed E-state index contributed by atoms with van der Waals surface area (Å²) in [4.78, 5) is 124. The van der Waals surface area contributed by atoms with Crippen LogP contribution in [0.3, 0.4) is 0 Å². The number of carbonyl (C=O) groups is 9. The van der Waals surface area contributed by atoms with E-state index in [1.165, 1.54) is 11.8 Å². The summed E-state index contributed by atoms with van der Waals surface area (Å²) < 4.78 is 0. The molecule has 0 saturated carbocycles. The average molecular weight is 980 g/mol. The normalized spacial score (nSPS) is 16.9. The van der Waals surface area contributed by atoms with Crippen LogP contribution < -0.4 is 37.6 Å². The number of para-hydroxylation sites is 1. The number of aromatic nitrogens is 1. The van der Waals surface area contributed by atoms with Crippen LogP contribution in [0.1, 0.15) is 71.8 Å². The number of aliphatic carboxylic acids is 2. The number of aromatic amines is 1. The molecule has 1 aromatic carbocycles. The third-order valence-electron chi connectivity index (χ3n) is 10.8. The van der Waals surface area contributed by atoms with Gasteiger partial charge in [-0.2, -0.15) is 37.0 Å². The van der Waals surface area contributed by atoms with E-state index in [1.54, 1.807) is 18.5 Å². The van der Waals surface area contributed by atoms with Crippen molar-refractivity contribution in [2.45, 2.75) is 121 Å². The number of likely N-dealkylation sites (tertiary alicyclic amines) is 1. The summed E-state index contributed by atoms with van der Waals surface area (Å²) >= 11 is 9.46. The van der Waals surface area contributed by atoms with E-state index in [0.717, 1.165) is 15.8 Å². The number of carbonyl (C=O) groups excluding carboxylic acids is 7. The van der Waals surface area contributed by atoms with Gasteiger partial charge in [-0.05, 0) is 67.6 Å². The summed E-state index contributed by atoms with van der Waals surface area (Å²) in [6, 6.07) is -2.84. The largest absolute Gasteiger partial charge is 0.481 e. The fourth-order valence-corrected chi connectivity index (χ4v) is 8.31. The maximum absolute atomic E-state index is 14.3. The number of carboxylic acids is 2. The number of carboxylic acid groups (broad SMARTS) is 2. The summed E-state index contributed by atoms with van der Waals surface area (Å²) in [7, 11) is 0. The minimum absolute atomic E-state index is 0.00791. The Labute approximate surface area is 399 Å². The Bertz CT molecular complexity index is 2040. The molecule has 1 fully saturated rings. The van der Waals surface area contributed by atoms with Gasteiger partial charge in [0.25, 0.3) is 0 Å². The maximum atomic E-state index is 14.3. The molecule has 0 bridgehead atoms. The predicted octanol–water partition coefficient (Wildman–Crippen LogP) is 0.202. The zero-order chi connectivity index (χ0) is 49.2.